The maximum atomic E-state index is 13.1. The zero-order chi connectivity index (χ0) is 21.2. The molecule has 0 unspecified atom stereocenters. The van der Waals surface area contributed by atoms with E-state index in [1.54, 1.807) is 7.05 Å². The topological polar surface area (TPSA) is 113 Å². The van der Waals surface area contributed by atoms with Gasteiger partial charge in [0.25, 0.3) is 11.6 Å². The van der Waals surface area contributed by atoms with Crippen LogP contribution in [0, 0.1) is 15.9 Å². The van der Waals surface area contributed by atoms with Crippen molar-refractivity contribution in [3.05, 3.63) is 64.0 Å². The van der Waals surface area contributed by atoms with Gasteiger partial charge in [0.15, 0.2) is 0 Å². The third kappa shape index (κ3) is 4.20. The number of nitrogens with zero attached hydrogens (tertiary/aromatic N) is 3. The third-order valence-electron chi connectivity index (χ3n) is 4.69. The molecule has 1 aliphatic heterocycles. The second kappa shape index (κ2) is 8.13. The number of amides is 1. The number of nitro groups is 1. The van der Waals surface area contributed by atoms with E-state index in [1.165, 1.54) is 39.5 Å². The molecule has 0 spiro atoms. The number of hydrogen-bond acceptors (Lipinski definition) is 6. The van der Waals surface area contributed by atoms with Gasteiger partial charge in [0.2, 0.25) is 10.0 Å². The van der Waals surface area contributed by atoms with Gasteiger partial charge in [-0.25, -0.2) is 12.8 Å². The highest BCUT2D eigenvalue weighted by Crippen LogP contribution is 2.25. The summed E-state index contributed by atoms with van der Waals surface area (Å²) >= 11 is 0. The summed E-state index contributed by atoms with van der Waals surface area (Å²) < 4.78 is 39.7. The van der Waals surface area contributed by atoms with Crippen LogP contribution in [-0.2, 0) is 10.0 Å². The lowest BCUT2D eigenvalue weighted by molar-refractivity contribution is -0.384. The molecule has 0 aliphatic carbocycles. The van der Waals surface area contributed by atoms with Gasteiger partial charge < -0.3 is 10.2 Å². The fraction of sp³-hybridized carbons (Fsp3) is 0.278. The van der Waals surface area contributed by atoms with Gasteiger partial charge in [0.1, 0.15) is 5.82 Å². The van der Waals surface area contributed by atoms with E-state index in [2.05, 4.69) is 5.32 Å². The number of hydrogen-bond donors (Lipinski definition) is 1. The average Bonchev–Trinajstić information content (AvgIpc) is 2.73. The van der Waals surface area contributed by atoms with Crippen molar-refractivity contribution >= 4 is 27.3 Å². The molecule has 1 heterocycles. The molecule has 0 radical (unpaired) electrons. The molecule has 11 heteroatoms. The summed E-state index contributed by atoms with van der Waals surface area (Å²) in [6.45, 7) is 0.390. The van der Waals surface area contributed by atoms with Crippen LogP contribution in [0.2, 0.25) is 0 Å². The minimum absolute atomic E-state index is 0.0187. The molecule has 1 aliphatic rings. The molecule has 1 saturated heterocycles. The Morgan fingerprint density at radius 2 is 1.72 bits per heavy atom. The van der Waals surface area contributed by atoms with Crippen molar-refractivity contribution in [1.82, 2.24) is 9.21 Å². The van der Waals surface area contributed by atoms with Crippen molar-refractivity contribution in [3.63, 3.8) is 0 Å². The third-order valence-corrected chi connectivity index (χ3v) is 6.60. The quantitative estimate of drug-likeness (QED) is 0.582. The molecule has 0 atom stereocenters. The first-order valence-electron chi connectivity index (χ1n) is 8.75. The number of benzene rings is 2. The molecule has 1 N–H and O–H groups in total. The Hall–Kier alpha value is -3.05. The Kier molecular flexibility index (Phi) is 5.80. The first-order chi connectivity index (χ1) is 13.7. The lowest BCUT2D eigenvalue weighted by Crippen LogP contribution is -2.50. The summed E-state index contributed by atoms with van der Waals surface area (Å²) in [4.78, 5) is 24.8. The predicted octanol–water partition coefficient (Wildman–Crippen LogP) is 1.92. The van der Waals surface area contributed by atoms with Crippen LogP contribution >= 0.6 is 0 Å². The summed E-state index contributed by atoms with van der Waals surface area (Å²) in [6, 6.07) is 8.52. The van der Waals surface area contributed by atoms with Gasteiger partial charge in [-0.15, -0.1) is 0 Å². The molecule has 0 saturated carbocycles. The maximum Gasteiger partial charge on any atom is 0.270 e. The Morgan fingerprint density at radius 3 is 2.28 bits per heavy atom. The SMILES string of the molecule is CNc1ccc([N+](=O)[O-])cc1C(=O)N1CCN(S(=O)(=O)c2ccc(F)cc2)CC1. The van der Waals surface area contributed by atoms with Crippen LogP contribution in [0.3, 0.4) is 0 Å². The number of nitro benzene ring substituents is 1. The number of anilines is 1. The largest absolute Gasteiger partial charge is 0.387 e. The molecule has 2 aromatic carbocycles. The van der Waals surface area contributed by atoms with E-state index in [0.29, 0.717) is 5.69 Å². The molecule has 9 nitrogen and oxygen atoms in total. The lowest BCUT2D eigenvalue weighted by atomic mass is 10.1. The van der Waals surface area contributed by atoms with Gasteiger partial charge in [-0.05, 0) is 30.3 Å². The van der Waals surface area contributed by atoms with Crippen molar-refractivity contribution < 1.29 is 22.5 Å². The Morgan fingerprint density at radius 1 is 1.10 bits per heavy atom. The second-order valence-corrected chi connectivity index (χ2v) is 8.33. The first kappa shape index (κ1) is 20.7. The minimum atomic E-state index is -3.80. The van der Waals surface area contributed by atoms with Crippen LogP contribution in [0.15, 0.2) is 47.4 Å². The second-order valence-electron chi connectivity index (χ2n) is 6.39. The lowest BCUT2D eigenvalue weighted by Gasteiger charge is -2.34. The van der Waals surface area contributed by atoms with Crippen molar-refractivity contribution in [2.24, 2.45) is 0 Å². The van der Waals surface area contributed by atoms with Gasteiger partial charge in [-0.3, -0.25) is 14.9 Å². The molecule has 0 bridgehead atoms. The number of sulfonamides is 1. The molecule has 1 fully saturated rings. The number of rotatable bonds is 5. The number of carbonyl (C=O) groups excluding carboxylic acids is 1. The Labute approximate surface area is 166 Å². The smallest absolute Gasteiger partial charge is 0.270 e. The zero-order valence-electron chi connectivity index (χ0n) is 15.5. The number of nitrogens with one attached hydrogen (secondary N) is 1. The van der Waals surface area contributed by atoms with Crippen LogP contribution < -0.4 is 5.32 Å². The number of carbonyl (C=O) groups is 1. The van der Waals surface area contributed by atoms with Crippen molar-refractivity contribution in [1.29, 1.82) is 0 Å². The Balaban J connectivity index is 1.75. The maximum absolute atomic E-state index is 13.1. The fourth-order valence-electron chi connectivity index (χ4n) is 3.10. The molecule has 154 valence electrons. The van der Waals surface area contributed by atoms with E-state index in [9.17, 15) is 27.7 Å². The van der Waals surface area contributed by atoms with Crippen molar-refractivity contribution in [3.8, 4) is 0 Å². The van der Waals surface area contributed by atoms with E-state index in [-0.39, 0.29) is 42.3 Å². The number of halogens is 1. The zero-order valence-corrected chi connectivity index (χ0v) is 16.4. The van der Waals surface area contributed by atoms with Gasteiger partial charge >= 0.3 is 0 Å². The summed E-state index contributed by atoms with van der Waals surface area (Å²) in [5, 5.41) is 13.9. The normalized spacial score (nSPS) is 15.2. The van der Waals surface area contributed by atoms with Crippen LogP contribution in [0.5, 0.6) is 0 Å². The summed E-state index contributed by atoms with van der Waals surface area (Å²) in [6.07, 6.45) is 0. The molecule has 1 amide bonds. The van der Waals surface area contributed by atoms with E-state index in [0.717, 1.165) is 12.1 Å². The van der Waals surface area contributed by atoms with Gasteiger partial charge in [0, 0.05) is 51.0 Å². The van der Waals surface area contributed by atoms with Crippen molar-refractivity contribution in [2.75, 3.05) is 38.5 Å². The molecule has 2 aromatic rings. The van der Waals surface area contributed by atoms with Gasteiger partial charge in [-0.1, -0.05) is 0 Å². The van der Waals surface area contributed by atoms with E-state index >= 15 is 0 Å². The standard InChI is InChI=1S/C18H19FN4O5S/c1-20-17-7-4-14(23(25)26)12-16(17)18(24)21-8-10-22(11-9-21)29(27,28)15-5-2-13(19)3-6-15/h2-7,12,20H,8-11H2,1H3. The monoisotopic (exact) mass is 422 g/mol. The van der Waals surface area contributed by atoms with Gasteiger partial charge in [-0.2, -0.15) is 4.31 Å². The highest BCUT2D eigenvalue weighted by molar-refractivity contribution is 7.89. The number of piperazine rings is 1. The van der Waals surface area contributed by atoms with Crippen molar-refractivity contribution in [2.45, 2.75) is 4.90 Å². The predicted molar refractivity (Wildman–Crippen MR) is 104 cm³/mol. The minimum Gasteiger partial charge on any atom is -0.387 e. The van der Waals surface area contributed by atoms with E-state index < -0.39 is 26.7 Å². The van der Waals surface area contributed by atoms with Crippen LogP contribution in [0.1, 0.15) is 10.4 Å². The molecule has 0 aromatic heterocycles. The highest BCUT2D eigenvalue weighted by Gasteiger charge is 2.31. The van der Waals surface area contributed by atoms with E-state index in [4.69, 9.17) is 0 Å². The molecular formula is C18H19FN4O5S. The van der Waals surface area contributed by atoms with Crippen LogP contribution in [-0.4, -0.2) is 61.7 Å². The fourth-order valence-corrected chi connectivity index (χ4v) is 4.52. The highest BCUT2D eigenvalue weighted by atomic mass is 32.2. The van der Waals surface area contributed by atoms with Crippen LogP contribution in [0.25, 0.3) is 0 Å². The number of non-ortho nitro benzene ring substituents is 1. The van der Waals surface area contributed by atoms with Gasteiger partial charge in [0.05, 0.1) is 15.4 Å². The van der Waals surface area contributed by atoms with E-state index in [1.807, 2.05) is 0 Å². The average molecular weight is 422 g/mol. The van der Waals surface area contributed by atoms with Crippen LogP contribution in [0.4, 0.5) is 15.8 Å². The molecular weight excluding hydrogens is 403 g/mol. The Bertz CT molecular complexity index is 1030. The summed E-state index contributed by atoms with van der Waals surface area (Å²) in [5.74, 6) is -0.950. The molecule has 29 heavy (non-hydrogen) atoms. The first-order valence-corrected chi connectivity index (χ1v) is 10.2. The molecule has 3 rings (SSSR count). The summed E-state index contributed by atoms with van der Waals surface area (Å²) in [7, 11) is -2.19. The summed E-state index contributed by atoms with van der Waals surface area (Å²) in [5.41, 5.74) is 0.392.